The van der Waals surface area contributed by atoms with Crippen LogP contribution in [0, 0.1) is 5.92 Å². The Morgan fingerprint density at radius 3 is 1.90 bits per heavy atom. The van der Waals surface area contributed by atoms with E-state index in [0.29, 0.717) is 13.0 Å². The molecule has 3 aliphatic heterocycles. The van der Waals surface area contributed by atoms with Crippen LogP contribution in [0.25, 0.3) is 0 Å². The van der Waals surface area contributed by atoms with Crippen LogP contribution in [0.3, 0.4) is 0 Å². The number of ether oxygens (including phenoxy) is 1. The molecule has 42 heavy (non-hydrogen) atoms. The third-order valence-corrected chi connectivity index (χ3v) is 11.6. The summed E-state index contributed by atoms with van der Waals surface area (Å²) >= 11 is 0. The molecule has 4 aromatic rings. The molecule has 3 fully saturated rings. The first-order chi connectivity index (χ1) is 20.5. The summed E-state index contributed by atoms with van der Waals surface area (Å²) in [5.41, 5.74) is 3.05. The number of β-lactam (4-membered cyclic amide) rings is 1. The molecule has 0 unspecified atom stereocenters. The summed E-state index contributed by atoms with van der Waals surface area (Å²) in [4.78, 5) is 30.4. The monoisotopic (exact) mass is 574 g/mol. The maximum atomic E-state index is 15.0. The van der Waals surface area contributed by atoms with Crippen LogP contribution in [0.15, 0.2) is 133 Å². The number of hydrogen-bond acceptors (Lipinski definition) is 4. The highest BCUT2D eigenvalue weighted by Crippen LogP contribution is 2.52. The average Bonchev–Trinajstić information content (AvgIpc) is 3.56. The van der Waals surface area contributed by atoms with Crippen molar-refractivity contribution in [3.8, 4) is 0 Å². The highest BCUT2D eigenvalue weighted by atomic mass is 31.2. The smallest absolute Gasteiger partial charge is 0.411 e. The van der Waals surface area contributed by atoms with E-state index in [9.17, 15) is 9.59 Å². The fourth-order valence-electron chi connectivity index (χ4n) is 6.75. The Balaban J connectivity index is 1.32. The van der Waals surface area contributed by atoms with Gasteiger partial charge in [0.2, 0.25) is 5.91 Å². The maximum Gasteiger partial charge on any atom is 0.411 e. The van der Waals surface area contributed by atoms with E-state index < -0.39 is 19.3 Å². The quantitative estimate of drug-likeness (QED) is 0.215. The number of nitrogens with zero attached hydrogens (tertiary/aromatic N) is 2. The molecule has 210 valence electrons. The van der Waals surface area contributed by atoms with Gasteiger partial charge >= 0.3 is 6.09 Å². The Morgan fingerprint density at radius 1 is 0.762 bits per heavy atom. The number of carbonyl (C=O) groups is 2. The van der Waals surface area contributed by atoms with Crippen LogP contribution in [0.4, 0.5) is 4.79 Å². The zero-order valence-corrected chi connectivity index (χ0v) is 23.9. The second kappa shape index (κ2) is 10.8. The molecule has 4 atom stereocenters. The lowest BCUT2D eigenvalue weighted by molar-refractivity contribution is -0.155. The molecule has 7 rings (SSSR count). The zero-order valence-electron chi connectivity index (χ0n) is 23.0. The first-order valence-electron chi connectivity index (χ1n) is 14.3. The van der Waals surface area contributed by atoms with Crippen LogP contribution >= 0.6 is 7.14 Å². The number of amides is 2. The van der Waals surface area contributed by atoms with Gasteiger partial charge in [0, 0.05) is 23.1 Å². The number of carbonyl (C=O) groups excluding carboxylic acids is 2. The topological polar surface area (TPSA) is 66.9 Å². The summed E-state index contributed by atoms with van der Waals surface area (Å²) < 4.78 is 20.6. The molecule has 6 nitrogen and oxygen atoms in total. The molecule has 3 aliphatic rings. The third kappa shape index (κ3) is 4.47. The van der Waals surface area contributed by atoms with Gasteiger partial charge in [-0.25, -0.2) is 4.79 Å². The van der Waals surface area contributed by atoms with Gasteiger partial charge in [-0.1, -0.05) is 121 Å². The highest BCUT2D eigenvalue weighted by molar-refractivity contribution is 7.81. The van der Waals surface area contributed by atoms with Crippen LogP contribution in [0.1, 0.15) is 17.2 Å². The fourth-order valence-corrected chi connectivity index (χ4v) is 9.31. The van der Waals surface area contributed by atoms with E-state index in [1.165, 1.54) is 0 Å². The summed E-state index contributed by atoms with van der Waals surface area (Å²) in [6, 6.07) is 37.9. The summed E-state index contributed by atoms with van der Waals surface area (Å²) in [5, 5.41) is 1.51. The van der Waals surface area contributed by atoms with Gasteiger partial charge in [0.15, 0.2) is 7.14 Å². The SMILES string of the molecule is O=C1[C@@H](N2C(=O)OC[C@@H]2c2ccccc2)[C@H]2[C@@H](Cc3ccccc3)/C(=C/P(=O)(c3ccccc3)c3ccccc3)CN12. The fraction of sp³-hybridized carbons (Fsp3) is 0.200. The van der Waals surface area contributed by atoms with Crippen LogP contribution < -0.4 is 10.6 Å². The molecule has 0 bridgehead atoms. The number of benzene rings is 4. The second-order valence-electron chi connectivity index (χ2n) is 11.1. The molecule has 0 aromatic heterocycles. The van der Waals surface area contributed by atoms with Crippen LogP contribution in [-0.4, -0.2) is 47.0 Å². The van der Waals surface area contributed by atoms with Crippen LogP contribution in [-0.2, 0) is 20.5 Å². The van der Waals surface area contributed by atoms with Crippen molar-refractivity contribution in [2.45, 2.75) is 24.5 Å². The molecule has 0 saturated carbocycles. The summed E-state index contributed by atoms with van der Waals surface area (Å²) in [6.07, 6.45) is 0.206. The molecule has 4 aromatic carbocycles. The van der Waals surface area contributed by atoms with E-state index in [1.54, 1.807) is 4.90 Å². The van der Waals surface area contributed by atoms with Gasteiger partial charge in [-0.15, -0.1) is 0 Å². The van der Waals surface area contributed by atoms with Crippen molar-refractivity contribution >= 4 is 29.8 Å². The first-order valence-corrected chi connectivity index (χ1v) is 16.1. The summed E-state index contributed by atoms with van der Waals surface area (Å²) in [7, 11) is -3.18. The maximum absolute atomic E-state index is 15.0. The van der Waals surface area contributed by atoms with Gasteiger partial charge in [0.05, 0.1) is 12.1 Å². The molecule has 0 N–H and O–H groups in total. The van der Waals surface area contributed by atoms with Crippen molar-refractivity contribution in [2.24, 2.45) is 5.92 Å². The molecule has 2 amide bonds. The van der Waals surface area contributed by atoms with Gasteiger partial charge in [0.25, 0.3) is 0 Å². The van der Waals surface area contributed by atoms with E-state index in [1.807, 2.05) is 120 Å². The van der Waals surface area contributed by atoms with Gasteiger partial charge in [0.1, 0.15) is 12.6 Å². The van der Waals surface area contributed by atoms with E-state index in [-0.39, 0.29) is 30.5 Å². The molecular formula is C35H31N2O4P. The first kappa shape index (κ1) is 26.5. The van der Waals surface area contributed by atoms with Gasteiger partial charge in [-0.05, 0) is 28.9 Å². The van der Waals surface area contributed by atoms with E-state index >= 15 is 4.57 Å². The molecule has 0 aliphatic carbocycles. The van der Waals surface area contributed by atoms with Crippen molar-refractivity contribution < 1.29 is 18.9 Å². The van der Waals surface area contributed by atoms with Crippen molar-refractivity contribution in [1.29, 1.82) is 0 Å². The molecule has 0 spiro atoms. The lowest BCUT2D eigenvalue weighted by Crippen LogP contribution is -2.70. The zero-order chi connectivity index (χ0) is 28.7. The minimum absolute atomic E-state index is 0.0875. The number of cyclic esters (lactones) is 1. The van der Waals surface area contributed by atoms with Gasteiger partial charge in [-0.3, -0.25) is 9.69 Å². The lowest BCUT2D eigenvalue weighted by Gasteiger charge is -2.49. The van der Waals surface area contributed by atoms with Crippen LogP contribution in [0.2, 0.25) is 0 Å². The van der Waals surface area contributed by atoms with E-state index in [0.717, 1.165) is 27.3 Å². The number of fused-ring (bicyclic) bond motifs is 1. The Hall–Kier alpha value is -4.41. The van der Waals surface area contributed by atoms with E-state index in [4.69, 9.17) is 4.74 Å². The Morgan fingerprint density at radius 2 is 1.31 bits per heavy atom. The summed E-state index contributed by atoms with van der Waals surface area (Å²) in [6.45, 7) is 0.600. The van der Waals surface area contributed by atoms with Crippen molar-refractivity contribution in [3.63, 3.8) is 0 Å². The molecular weight excluding hydrogens is 543 g/mol. The second-order valence-corrected chi connectivity index (χ2v) is 13.7. The van der Waals surface area contributed by atoms with Gasteiger partial charge < -0.3 is 14.2 Å². The third-order valence-electron chi connectivity index (χ3n) is 8.78. The molecule has 0 radical (unpaired) electrons. The minimum atomic E-state index is -3.18. The van der Waals surface area contributed by atoms with E-state index in [2.05, 4.69) is 12.1 Å². The van der Waals surface area contributed by atoms with Crippen molar-refractivity contribution in [3.05, 3.63) is 144 Å². The Kier molecular flexibility index (Phi) is 6.79. The molecule has 3 heterocycles. The number of rotatable bonds is 7. The highest BCUT2D eigenvalue weighted by Gasteiger charge is 2.62. The standard InChI is InChI=1S/C35H31N2O4P/c38-34-33(37-31(23-41-35(37)39)26-15-7-2-8-16-26)32-30(21-25-13-5-1-6-14-25)27(22-36(32)34)24-42(40,28-17-9-3-10-18-28)29-19-11-4-12-20-29/h1-20,24,30-33H,21-23H2/b27-24+/t30-,31+,32+,33-/m0/s1. The van der Waals surface area contributed by atoms with Crippen molar-refractivity contribution in [1.82, 2.24) is 9.80 Å². The predicted molar refractivity (Wildman–Crippen MR) is 163 cm³/mol. The molecule has 3 saturated heterocycles. The Labute approximate surface area is 245 Å². The Bertz CT molecular complexity index is 1630. The molecule has 7 heteroatoms. The average molecular weight is 575 g/mol. The largest absolute Gasteiger partial charge is 0.447 e. The predicted octanol–water partition coefficient (Wildman–Crippen LogP) is 5.53. The lowest BCUT2D eigenvalue weighted by atomic mass is 9.81. The normalized spacial score (nSPS) is 24.4. The summed E-state index contributed by atoms with van der Waals surface area (Å²) in [5.74, 6) is 1.75. The van der Waals surface area contributed by atoms with Gasteiger partial charge in [-0.2, -0.15) is 0 Å². The minimum Gasteiger partial charge on any atom is -0.447 e. The van der Waals surface area contributed by atoms with Crippen LogP contribution in [0.5, 0.6) is 0 Å². The van der Waals surface area contributed by atoms with Crippen molar-refractivity contribution in [2.75, 3.05) is 13.2 Å². The number of hydrogen-bond donors (Lipinski definition) is 0.